The van der Waals surface area contributed by atoms with E-state index in [9.17, 15) is 13.6 Å². The van der Waals surface area contributed by atoms with Crippen LogP contribution in [0.4, 0.5) is 8.78 Å². The summed E-state index contributed by atoms with van der Waals surface area (Å²) >= 11 is 0. The Morgan fingerprint density at radius 1 is 1.40 bits per heavy atom. The van der Waals surface area contributed by atoms with Crippen molar-refractivity contribution in [3.05, 3.63) is 35.4 Å². The summed E-state index contributed by atoms with van der Waals surface area (Å²) in [6.45, 7) is 0.0178. The third kappa shape index (κ3) is 2.98. The van der Waals surface area contributed by atoms with Crippen LogP contribution in [0, 0.1) is 23.0 Å². The van der Waals surface area contributed by atoms with Crippen LogP contribution in [0.5, 0.6) is 0 Å². The van der Waals surface area contributed by atoms with E-state index in [2.05, 4.69) is 0 Å². The van der Waals surface area contributed by atoms with Crippen LogP contribution in [0.3, 0.4) is 0 Å². The van der Waals surface area contributed by atoms with Crippen LogP contribution in [0.2, 0.25) is 0 Å². The number of hydrogen-bond acceptors (Lipinski definition) is 3. The van der Waals surface area contributed by atoms with Gasteiger partial charge in [0.1, 0.15) is 11.6 Å². The third-order valence-electron chi connectivity index (χ3n) is 3.96. The fraction of sp³-hybridized carbons (Fsp3) is 0.533. The number of nitrogens with two attached hydrogens (primary N) is 1. The minimum atomic E-state index is -1.04. The molecule has 0 heterocycles. The van der Waals surface area contributed by atoms with Gasteiger partial charge in [-0.3, -0.25) is 4.79 Å². The van der Waals surface area contributed by atoms with Crippen molar-refractivity contribution in [2.75, 3.05) is 13.7 Å². The first-order valence-corrected chi connectivity index (χ1v) is 6.74. The van der Waals surface area contributed by atoms with Gasteiger partial charge in [-0.05, 0) is 30.9 Å². The van der Waals surface area contributed by atoms with Crippen molar-refractivity contribution in [1.29, 1.82) is 0 Å². The maximum absolute atomic E-state index is 13.8. The van der Waals surface area contributed by atoms with Crippen LogP contribution < -0.4 is 5.73 Å². The monoisotopic (exact) mass is 283 g/mol. The Morgan fingerprint density at radius 2 is 2.00 bits per heavy atom. The van der Waals surface area contributed by atoms with Gasteiger partial charge in [-0.1, -0.05) is 18.9 Å². The van der Waals surface area contributed by atoms with Gasteiger partial charge in [0.2, 0.25) is 0 Å². The number of halogens is 2. The minimum Gasteiger partial charge on any atom is -0.469 e. The number of benzene rings is 1. The summed E-state index contributed by atoms with van der Waals surface area (Å²) in [6.07, 6.45) is 2.51. The Bertz CT molecular complexity index is 482. The van der Waals surface area contributed by atoms with E-state index in [1.54, 1.807) is 0 Å². The lowest BCUT2D eigenvalue weighted by atomic mass is 9.77. The van der Waals surface area contributed by atoms with Gasteiger partial charge in [-0.15, -0.1) is 0 Å². The largest absolute Gasteiger partial charge is 0.469 e. The average molecular weight is 283 g/mol. The van der Waals surface area contributed by atoms with Gasteiger partial charge < -0.3 is 10.5 Å². The maximum Gasteiger partial charge on any atom is 0.313 e. The molecule has 2 rings (SSSR count). The normalized spacial score (nSPS) is 17.6. The average Bonchev–Trinajstić information content (AvgIpc) is 3.24. The van der Waals surface area contributed by atoms with E-state index in [1.165, 1.54) is 25.3 Å². The van der Waals surface area contributed by atoms with Gasteiger partial charge in [-0.2, -0.15) is 0 Å². The molecule has 1 atom stereocenters. The highest BCUT2D eigenvalue weighted by Gasteiger charge is 2.44. The fourth-order valence-electron chi connectivity index (χ4n) is 2.60. The molecule has 1 aliphatic carbocycles. The number of rotatable bonds is 6. The Labute approximate surface area is 117 Å². The van der Waals surface area contributed by atoms with Crippen LogP contribution in [0.15, 0.2) is 18.2 Å². The molecule has 0 aromatic heterocycles. The fourth-order valence-corrected chi connectivity index (χ4v) is 2.60. The molecule has 1 aliphatic rings. The summed E-state index contributed by atoms with van der Waals surface area (Å²) < 4.78 is 32.4. The number of carbonyl (C=O) groups is 1. The van der Waals surface area contributed by atoms with Crippen molar-refractivity contribution < 1.29 is 18.3 Å². The molecule has 0 spiro atoms. The SMILES string of the molecule is COC(=O)C(CN)(Cc1c(F)cccc1F)CC1CC1. The van der Waals surface area contributed by atoms with Crippen LogP contribution in [-0.2, 0) is 16.0 Å². The topological polar surface area (TPSA) is 52.3 Å². The number of hydrogen-bond donors (Lipinski definition) is 1. The van der Waals surface area contributed by atoms with Gasteiger partial charge in [0.05, 0.1) is 12.5 Å². The highest BCUT2D eigenvalue weighted by Crippen LogP contribution is 2.42. The zero-order valence-corrected chi connectivity index (χ0v) is 11.5. The molecular weight excluding hydrogens is 264 g/mol. The number of ether oxygens (including phenoxy) is 1. The first-order valence-electron chi connectivity index (χ1n) is 6.74. The summed E-state index contributed by atoms with van der Waals surface area (Å²) in [4.78, 5) is 12.1. The number of carbonyl (C=O) groups excluding carboxylic acids is 1. The lowest BCUT2D eigenvalue weighted by Gasteiger charge is -2.30. The second kappa shape index (κ2) is 5.87. The van der Waals surface area contributed by atoms with Crippen molar-refractivity contribution in [2.45, 2.75) is 25.7 Å². The van der Waals surface area contributed by atoms with Gasteiger partial charge in [0.25, 0.3) is 0 Å². The van der Waals surface area contributed by atoms with Gasteiger partial charge in [0, 0.05) is 12.1 Å². The predicted molar refractivity (Wildman–Crippen MR) is 70.9 cm³/mol. The first-order chi connectivity index (χ1) is 9.52. The van der Waals surface area contributed by atoms with Crippen LogP contribution in [0.1, 0.15) is 24.8 Å². The molecule has 3 nitrogen and oxygen atoms in total. The van der Waals surface area contributed by atoms with E-state index >= 15 is 0 Å². The summed E-state index contributed by atoms with van der Waals surface area (Å²) in [7, 11) is 1.28. The third-order valence-corrected chi connectivity index (χ3v) is 3.96. The summed E-state index contributed by atoms with van der Waals surface area (Å²) in [5, 5.41) is 0. The van der Waals surface area contributed by atoms with E-state index in [4.69, 9.17) is 10.5 Å². The predicted octanol–water partition coefficient (Wildman–Crippen LogP) is 2.43. The van der Waals surface area contributed by atoms with Gasteiger partial charge in [0.15, 0.2) is 0 Å². The summed E-state index contributed by atoms with van der Waals surface area (Å²) in [5.74, 6) is -1.40. The zero-order chi connectivity index (χ0) is 14.8. The quantitative estimate of drug-likeness (QED) is 0.816. The molecule has 1 unspecified atom stereocenters. The molecule has 1 saturated carbocycles. The molecule has 5 heteroatoms. The second-order valence-corrected chi connectivity index (χ2v) is 5.50. The van der Waals surface area contributed by atoms with E-state index in [1.807, 2.05) is 0 Å². The minimum absolute atomic E-state index is 0.0178. The van der Waals surface area contributed by atoms with E-state index in [-0.39, 0.29) is 18.5 Å². The molecule has 0 saturated heterocycles. The van der Waals surface area contributed by atoms with E-state index in [0.29, 0.717) is 12.3 Å². The highest BCUT2D eigenvalue weighted by atomic mass is 19.1. The molecular formula is C15H19F2NO2. The molecule has 0 bridgehead atoms. The Kier molecular flexibility index (Phi) is 4.38. The van der Waals surface area contributed by atoms with Crippen molar-refractivity contribution >= 4 is 5.97 Å². The van der Waals surface area contributed by atoms with Crippen molar-refractivity contribution in [3.8, 4) is 0 Å². The first kappa shape index (κ1) is 14.9. The van der Waals surface area contributed by atoms with E-state index < -0.39 is 23.0 Å². The molecule has 1 aromatic carbocycles. The lowest BCUT2D eigenvalue weighted by Crippen LogP contribution is -2.42. The molecule has 1 aromatic rings. The molecule has 0 radical (unpaired) electrons. The van der Waals surface area contributed by atoms with E-state index in [0.717, 1.165) is 12.8 Å². The molecule has 2 N–H and O–H groups in total. The van der Waals surface area contributed by atoms with Crippen LogP contribution in [0.25, 0.3) is 0 Å². The standard InChI is InChI=1S/C15H19F2NO2/c1-20-14(19)15(9-18,7-10-5-6-10)8-11-12(16)3-2-4-13(11)17/h2-4,10H,5-9,18H2,1H3. The number of esters is 1. The van der Waals surface area contributed by atoms with Gasteiger partial charge >= 0.3 is 5.97 Å². The van der Waals surface area contributed by atoms with Crippen molar-refractivity contribution in [2.24, 2.45) is 17.1 Å². The molecule has 0 amide bonds. The zero-order valence-electron chi connectivity index (χ0n) is 11.5. The Morgan fingerprint density at radius 3 is 2.45 bits per heavy atom. The molecule has 0 aliphatic heterocycles. The van der Waals surface area contributed by atoms with Crippen molar-refractivity contribution in [3.63, 3.8) is 0 Å². The number of methoxy groups -OCH3 is 1. The highest BCUT2D eigenvalue weighted by molar-refractivity contribution is 5.77. The maximum atomic E-state index is 13.8. The van der Waals surface area contributed by atoms with Crippen molar-refractivity contribution in [1.82, 2.24) is 0 Å². The summed E-state index contributed by atoms with van der Waals surface area (Å²) in [6, 6.07) is 3.68. The molecule has 110 valence electrons. The Hall–Kier alpha value is -1.49. The second-order valence-electron chi connectivity index (χ2n) is 5.50. The Balaban J connectivity index is 2.33. The van der Waals surface area contributed by atoms with Crippen LogP contribution >= 0.6 is 0 Å². The van der Waals surface area contributed by atoms with Gasteiger partial charge in [-0.25, -0.2) is 8.78 Å². The van der Waals surface area contributed by atoms with Crippen LogP contribution in [-0.4, -0.2) is 19.6 Å². The molecule has 20 heavy (non-hydrogen) atoms. The summed E-state index contributed by atoms with van der Waals surface area (Å²) in [5.41, 5.74) is 4.63. The molecule has 1 fully saturated rings. The lowest BCUT2D eigenvalue weighted by molar-refractivity contribution is -0.153. The smallest absolute Gasteiger partial charge is 0.313 e.